The van der Waals surface area contributed by atoms with Gasteiger partial charge in [-0.15, -0.1) is 0 Å². The summed E-state index contributed by atoms with van der Waals surface area (Å²) in [7, 11) is -1.25. The van der Waals surface area contributed by atoms with E-state index in [0.29, 0.717) is 18.7 Å². The van der Waals surface area contributed by atoms with E-state index in [1.807, 2.05) is 49.5 Å². The number of hydrogen-bond donors (Lipinski definition) is 0. The fourth-order valence-electron chi connectivity index (χ4n) is 2.90. The van der Waals surface area contributed by atoms with Gasteiger partial charge in [-0.1, -0.05) is 42.5 Å². The molecule has 2 aromatic rings. The first-order valence-electron chi connectivity index (χ1n) is 8.19. The van der Waals surface area contributed by atoms with Crippen LogP contribution in [0.2, 0.25) is 0 Å². The van der Waals surface area contributed by atoms with Crippen LogP contribution in [-0.2, 0) is 22.3 Å². The summed E-state index contributed by atoms with van der Waals surface area (Å²) >= 11 is 0. The molecule has 0 aromatic heterocycles. The predicted molar refractivity (Wildman–Crippen MR) is 97.1 cm³/mol. The third kappa shape index (κ3) is 4.26. The molecule has 0 N–H and O–H groups in total. The van der Waals surface area contributed by atoms with Crippen LogP contribution in [0, 0.1) is 11.3 Å². The molecule has 0 spiro atoms. The van der Waals surface area contributed by atoms with E-state index < -0.39 is 10.0 Å². The summed E-state index contributed by atoms with van der Waals surface area (Å²) in [5, 5.41) is 8.83. The third-order valence-electron chi connectivity index (χ3n) is 4.55. The molecule has 6 heteroatoms. The lowest BCUT2D eigenvalue weighted by atomic mass is 10.1. The van der Waals surface area contributed by atoms with E-state index in [0.717, 1.165) is 17.7 Å². The summed E-state index contributed by atoms with van der Waals surface area (Å²) in [6, 6.07) is 19.1. The standard InChI is InChI=1S/C19H21N3O2S/c1-21(12-17-9-7-16(11-20)8-10-17)19-13-22(14-19)25(23,24)15-18-5-3-2-4-6-18/h2-10,19H,12-15H2,1H3. The molecule has 5 nitrogen and oxygen atoms in total. The van der Waals surface area contributed by atoms with E-state index in [2.05, 4.69) is 11.0 Å². The molecular weight excluding hydrogens is 334 g/mol. The number of rotatable bonds is 6. The molecular formula is C19H21N3O2S. The Labute approximate surface area is 149 Å². The Morgan fingerprint density at radius 1 is 1.08 bits per heavy atom. The van der Waals surface area contributed by atoms with Crippen molar-refractivity contribution in [1.82, 2.24) is 9.21 Å². The largest absolute Gasteiger partial charge is 0.297 e. The zero-order valence-electron chi connectivity index (χ0n) is 14.2. The first kappa shape index (κ1) is 17.6. The molecule has 1 fully saturated rings. The Bertz CT molecular complexity index is 852. The van der Waals surface area contributed by atoms with Crippen molar-refractivity contribution in [3.63, 3.8) is 0 Å². The quantitative estimate of drug-likeness (QED) is 0.797. The minimum atomic E-state index is -3.25. The molecule has 0 aliphatic carbocycles. The first-order chi connectivity index (χ1) is 12.0. The van der Waals surface area contributed by atoms with E-state index >= 15 is 0 Å². The second-order valence-corrected chi connectivity index (χ2v) is 8.41. The van der Waals surface area contributed by atoms with Gasteiger partial charge in [0.25, 0.3) is 0 Å². The van der Waals surface area contributed by atoms with Gasteiger partial charge in [0.1, 0.15) is 0 Å². The highest BCUT2D eigenvalue weighted by atomic mass is 32.2. The Kier molecular flexibility index (Phi) is 5.19. The average molecular weight is 355 g/mol. The van der Waals surface area contributed by atoms with Crippen LogP contribution in [0.15, 0.2) is 54.6 Å². The van der Waals surface area contributed by atoms with Gasteiger partial charge in [-0.25, -0.2) is 8.42 Å². The zero-order chi connectivity index (χ0) is 17.9. The lowest BCUT2D eigenvalue weighted by Gasteiger charge is -2.43. The molecule has 0 atom stereocenters. The molecule has 1 aliphatic rings. The number of hydrogen-bond acceptors (Lipinski definition) is 4. The minimum Gasteiger partial charge on any atom is -0.297 e. The van der Waals surface area contributed by atoms with Gasteiger partial charge in [0.15, 0.2) is 0 Å². The molecule has 1 saturated heterocycles. The molecule has 1 aliphatic heterocycles. The van der Waals surface area contributed by atoms with Crippen molar-refractivity contribution in [1.29, 1.82) is 5.26 Å². The molecule has 3 rings (SSSR count). The summed E-state index contributed by atoms with van der Waals surface area (Å²) in [4.78, 5) is 2.16. The van der Waals surface area contributed by atoms with Gasteiger partial charge in [0.2, 0.25) is 10.0 Å². The van der Waals surface area contributed by atoms with Crippen molar-refractivity contribution < 1.29 is 8.42 Å². The van der Waals surface area contributed by atoms with Crippen molar-refractivity contribution in [2.45, 2.75) is 18.3 Å². The van der Waals surface area contributed by atoms with Gasteiger partial charge >= 0.3 is 0 Å². The Hall–Kier alpha value is -2.20. The second kappa shape index (κ2) is 7.36. The number of likely N-dealkylation sites (N-methyl/N-ethyl adjacent to an activating group) is 1. The topological polar surface area (TPSA) is 64.4 Å². The van der Waals surface area contributed by atoms with Crippen LogP contribution in [0.3, 0.4) is 0 Å². The van der Waals surface area contributed by atoms with Crippen molar-refractivity contribution in [3.8, 4) is 6.07 Å². The summed E-state index contributed by atoms with van der Waals surface area (Å²) in [6.07, 6.45) is 0. The Morgan fingerprint density at radius 2 is 1.72 bits per heavy atom. The van der Waals surface area contributed by atoms with Gasteiger partial charge in [-0.3, -0.25) is 4.90 Å². The van der Waals surface area contributed by atoms with Gasteiger partial charge in [0.05, 0.1) is 17.4 Å². The number of nitriles is 1. The van der Waals surface area contributed by atoms with Gasteiger partial charge in [-0.2, -0.15) is 9.57 Å². The molecule has 0 bridgehead atoms. The van der Waals surface area contributed by atoms with E-state index in [-0.39, 0.29) is 11.8 Å². The van der Waals surface area contributed by atoms with Crippen LogP contribution in [0.1, 0.15) is 16.7 Å². The molecule has 0 saturated carbocycles. The van der Waals surface area contributed by atoms with Crippen LogP contribution in [0.25, 0.3) is 0 Å². The highest BCUT2D eigenvalue weighted by Crippen LogP contribution is 2.22. The third-order valence-corrected chi connectivity index (χ3v) is 6.34. The predicted octanol–water partition coefficient (Wildman–Crippen LogP) is 2.20. The van der Waals surface area contributed by atoms with E-state index in [1.54, 1.807) is 16.4 Å². The van der Waals surface area contributed by atoms with Gasteiger partial charge < -0.3 is 0 Å². The van der Waals surface area contributed by atoms with Crippen molar-refractivity contribution >= 4 is 10.0 Å². The van der Waals surface area contributed by atoms with Crippen molar-refractivity contribution in [2.75, 3.05) is 20.1 Å². The van der Waals surface area contributed by atoms with Crippen molar-refractivity contribution in [2.24, 2.45) is 0 Å². The second-order valence-electron chi connectivity index (χ2n) is 6.44. The van der Waals surface area contributed by atoms with Crippen molar-refractivity contribution in [3.05, 3.63) is 71.3 Å². The lowest BCUT2D eigenvalue weighted by molar-refractivity contribution is 0.105. The van der Waals surface area contributed by atoms with Crippen LogP contribution >= 0.6 is 0 Å². The molecule has 1 heterocycles. The minimum absolute atomic E-state index is 0.0555. The first-order valence-corrected chi connectivity index (χ1v) is 9.80. The number of sulfonamides is 1. The molecule has 0 amide bonds. The summed E-state index contributed by atoms with van der Waals surface area (Å²) in [5.74, 6) is 0.0555. The SMILES string of the molecule is CN(Cc1ccc(C#N)cc1)C1CN(S(=O)(=O)Cc2ccccc2)C1. The van der Waals surface area contributed by atoms with Gasteiger partial charge in [0, 0.05) is 25.7 Å². The molecule has 25 heavy (non-hydrogen) atoms. The molecule has 0 unspecified atom stereocenters. The molecule has 0 radical (unpaired) electrons. The smallest absolute Gasteiger partial charge is 0.218 e. The highest BCUT2D eigenvalue weighted by Gasteiger charge is 2.37. The monoisotopic (exact) mass is 355 g/mol. The van der Waals surface area contributed by atoms with Crippen LogP contribution < -0.4 is 0 Å². The highest BCUT2D eigenvalue weighted by molar-refractivity contribution is 7.88. The summed E-state index contributed by atoms with van der Waals surface area (Å²) in [6.45, 7) is 1.80. The van der Waals surface area contributed by atoms with Crippen LogP contribution in [0.4, 0.5) is 0 Å². The van der Waals surface area contributed by atoms with Gasteiger partial charge in [-0.05, 0) is 30.3 Å². The van der Waals surface area contributed by atoms with E-state index in [1.165, 1.54) is 0 Å². The normalized spacial score (nSPS) is 15.7. The fourth-order valence-corrected chi connectivity index (χ4v) is 4.50. The maximum absolute atomic E-state index is 12.5. The number of nitrogens with zero attached hydrogens (tertiary/aromatic N) is 3. The zero-order valence-corrected chi connectivity index (χ0v) is 15.0. The summed E-state index contributed by atoms with van der Waals surface area (Å²) < 4.78 is 26.5. The fraction of sp³-hybridized carbons (Fsp3) is 0.316. The Morgan fingerprint density at radius 3 is 2.32 bits per heavy atom. The maximum Gasteiger partial charge on any atom is 0.218 e. The van der Waals surface area contributed by atoms with E-state index in [9.17, 15) is 8.42 Å². The summed E-state index contributed by atoms with van der Waals surface area (Å²) in [5.41, 5.74) is 2.58. The average Bonchev–Trinajstić information content (AvgIpc) is 2.54. The molecule has 2 aromatic carbocycles. The molecule has 130 valence electrons. The van der Waals surface area contributed by atoms with Crippen LogP contribution in [0.5, 0.6) is 0 Å². The number of benzene rings is 2. The maximum atomic E-state index is 12.5. The Balaban J connectivity index is 1.53. The van der Waals surface area contributed by atoms with E-state index in [4.69, 9.17) is 5.26 Å². The van der Waals surface area contributed by atoms with Crippen LogP contribution in [-0.4, -0.2) is 43.8 Å². The lowest BCUT2D eigenvalue weighted by Crippen LogP contribution is -2.59.